The minimum atomic E-state index is -2.44. The molecule has 1 fully saturated rings. The van der Waals surface area contributed by atoms with Crippen molar-refractivity contribution in [1.82, 2.24) is 29.2 Å². The molecule has 0 radical (unpaired) electrons. The van der Waals surface area contributed by atoms with Gasteiger partial charge in [0.25, 0.3) is 5.56 Å². The zero-order valence-corrected chi connectivity index (χ0v) is 27.2. The van der Waals surface area contributed by atoms with Gasteiger partial charge in [-0.3, -0.25) is 4.79 Å². The van der Waals surface area contributed by atoms with Gasteiger partial charge in [0.2, 0.25) is 5.95 Å². The van der Waals surface area contributed by atoms with Crippen LogP contribution in [0.1, 0.15) is 27.7 Å². The topological polar surface area (TPSA) is 140 Å². The van der Waals surface area contributed by atoms with Crippen molar-refractivity contribution >= 4 is 50.0 Å². The number of aromatic nitrogens is 5. The number of rotatable bonds is 7. The lowest BCUT2D eigenvalue weighted by Gasteiger charge is -2.41. The number of ether oxygens (including phenoxy) is 1. The van der Waals surface area contributed by atoms with Crippen molar-refractivity contribution in [3.05, 3.63) is 71.7 Å². The third-order valence-corrected chi connectivity index (χ3v) is 7.60. The Morgan fingerprint density at radius 1 is 1.16 bits per heavy atom. The maximum atomic E-state index is 13.3. The fraction of sp³-hybridized carbons (Fsp3) is 0.387. The van der Waals surface area contributed by atoms with E-state index in [1.807, 2.05) is 52.0 Å². The molecule has 45 heavy (non-hydrogen) atoms. The summed E-state index contributed by atoms with van der Waals surface area (Å²) in [5.74, 6) is 0.976. The predicted molar refractivity (Wildman–Crippen MR) is 178 cm³/mol. The van der Waals surface area contributed by atoms with Crippen LogP contribution in [-0.4, -0.2) is 83.3 Å². The molecular weight excluding hydrogens is 594 g/mol. The van der Waals surface area contributed by atoms with Crippen LogP contribution in [0.3, 0.4) is 0 Å². The molecule has 5 rings (SSSR count). The lowest BCUT2D eigenvalue weighted by atomic mass is 10.1. The molecule has 1 aromatic carbocycles. The van der Waals surface area contributed by atoms with Gasteiger partial charge >= 0.3 is 6.09 Å². The van der Waals surface area contributed by atoms with Gasteiger partial charge in [0, 0.05) is 65.5 Å². The summed E-state index contributed by atoms with van der Waals surface area (Å²) in [5, 5.41) is 3.54. The summed E-state index contributed by atoms with van der Waals surface area (Å²) in [7, 11) is -2.44. The molecule has 4 heterocycles. The van der Waals surface area contributed by atoms with Crippen LogP contribution in [0.2, 0.25) is 0 Å². The number of nitrogens with one attached hydrogen (secondary N) is 1. The Morgan fingerprint density at radius 2 is 1.89 bits per heavy atom. The molecule has 1 saturated heterocycles. The van der Waals surface area contributed by atoms with Gasteiger partial charge < -0.3 is 19.9 Å². The Hall–Kier alpha value is -4.72. The van der Waals surface area contributed by atoms with Crippen molar-refractivity contribution in [1.29, 1.82) is 0 Å². The van der Waals surface area contributed by atoms with E-state index in [-0.39, 0.29) is 30.1 Å². The molecule has 0 saturated carbocycles. The van der Waals surface area contributed by atoms with E-state index in [1.54, 1.807) is 33.9 Å². The lowest BCUT2D eigenvalue weighted by Crippen LogP contribution is -2.55. The minimum Gasteiger partial charge on any atom is -0.444 e. The van der Waals surface area contributed by atoms with E-state index in [4.69, 9.17) is 4.74 Å². The number of amides is 1. The van der Waals surface area contributed by atoms with Crippen LogP contribution in [0.5, 0.6) is 0 Å². The average Bonchev–Trinajstić information content (AvgIpc) is 3.22. The van der Waals surface area contributed by atoms with Gasteiger partial charge in [-0.1, -0.05) is 12.1 Å². The number of benzene rings is 1. The molecule has 238 valence electrons. The molecule has 1 atom stereocenters. The third-order valence-electron chi connectivity index (χ3n) is 6.97. The van der Waals surface area contributed by atoms with Crippen molar-refractivity contribution in [2.24, 2.45) is 4.36 Å². The molecule has 14 heteroatoms. The first-order valence-electron chi connectivity index (χ1n) is 14.6. The first kappa shape index (κ1) is 31.7. The molecule has 3 aromatic heterocycles. The number of fused-ring (bicyclic) bond motifs is 1. The summed E-state index contributed by atoms with van der Waals surface area (Å²) in [5.41, 5.74) is 1.32. The standard InChI is InChI=1S/C31H39N9O4S/c1-8-16-39-28(41)24-19-32-29(35-27(24)40(39)26-11-9-10-25(34-26)36-45(6,7)43)33-22-12-14-23(15-13-22)37-17-18-38(21(2)20-37)30(42)44-31(3,4)5/h8-15,19,21H,1,16-18,20H2,2-7H3,(H,32,33,35)/t21-/m1/s1. The summed E-state index contributed by atoms with van der Waals surface area (Å²) in [6.07, 6.45) is 5.88. The van der Waals surface area contributed by atoms with E-state index in [0.717, 1.165) is 11.4 Å². The van der Waals surface area contributed by atoms with E-state index in [9.17, 15) is 13.8 Å². The molecule has 4 aromatic rings. The van der Waals surface area contributed by atoms with Gasteiger partial charge in [0.1, 0.15) is 11.0 Å². The highest BCUT2D eigenvalue weighted by molar-refractivity contribution is 7.92. The summed E-state index contributed by atoms with van der Waals surface area (Å²) < 4.78 is 25.1. The monoisotopic (exact) mass is 633 g/mol. The normalized spacial score (nSPS) is 15.6. The van der Waals surface area contributed by atoms with Gasteiger partial charge in [0.05, 0.1) is 6.54 Å². The van der Waals surface area contributed by atoms with Crippen molar-refractivity contribution in [3.8, 4) is 5.82 Å². The maximum absolute atomic E-state index is 13.3. The molecule has 0 spiro atoms. The Bertz CT molecular complexity index is 1910. The van der Waals surface area contributed by atoms with Gasteiger partial charge in [-0.15, -0.1) is 6.58 Å². The number of anilines is 3. The highest BCUT2D eigenvalue weighted by atomic mass is 32.2. The Labute approximate surface area is 262 Å². The van der Waals surface area contributed by atoms with Crippen molar-refractivity contribution < 1.29 is 13.7 Å². The van der Waals surface area contributed by atoms with Gasteiger partial charge in [-0.05, 0) is 64.1 Å². The van der Waals surface area contributed by atoms with Crippen molar-refractivity contribution in [2.75, 3.05) is 42.4 Å². The summed E-state index contributed by atoms with van der Waals surface area (Å²) in [6.45, 7) is 13.6. The molecular formula is C31H39N9O4S. The van der Waals surface area contributed by atoms with Gasteiger partial charge in [-0.25, -0.2) is 28.3 Å². The van der Waals surface area contributed by atoms with Crippen LogP contribution in [0.25, 0.3) is 16.9 Å². The lowest BCUT2D eigenvalue weighted by molar-refractivity contribution is 0.0159. The molecule has 1 N–H and O–H groups in total. The Kier molecular flexibility index (Phi) is 8.70. The van der Waals surface area contributed by atoms with E-state index in [0.29, 0.717) is 42.4 Å². The SMILES string of the molecule is C=CCn1c(=O)c2cnc(Nc3ccc(N4CCN(C(=O)OC(C)(C)C)[C@H](C)C4)cc3)nc2n1-c1cccc(N=S(C)(C)=O)n1. The second kappa shape index (κ2) is 12.3. The number of pyridine rings is 1. The summed E-state index contributed by atoms with van der Waals surface area (Å²) in [4.78, 5) is 43.5. The van der Waals surface area contributed by atoms with Crippen LogP contribution in [0.15, 0.2) is 70.5 Å². The Morgan fingerprint density at radius 3 is 2.53 bits per heavy atom. The molecule has 1 aliphatic heterocycles. The maximum Gasteiger partial charge on any atom is 0.410 e. The molecule has 0 bridgehead atoms. The summed E-state index contributed by atoms with van der Waals surface area (Å²) >= 11 is 0. The van der Waals surface area contributed by atoms with Crippen molar-refractivity contribution in [2.45, 2.75) is 45.9 Å². The van der Waals surface area contributed by atoms with Gasteiger partial charge in [-0.2, -0.15) is 9.35 Å². The minimum absolute atomic E-state index is 0.00516. The molecule has 13 nitrogen and oxygen atoms in total. The van der Waals surface area contributed by atoms with E-state index < -0.39 is 15.3 Å². The fourth-order valence-corrected chi connectivity index (χ4v) is 5.64. The smallest absolute Gasteiger partial charge is 0.410 e. The second-order valence-electron chi connectivity index (χ2n) is 12.2. The molecule has 1 amide bonds. The summed E-state index contributed by atoms with van der Waals surface area (Å²) in [6, 6.07) is 13.0. The number of carbonyl (C=O) groups is 1. The fourth-order valence-electron chi connectivity index (χ4n) is 5.08. The van der Waals surface area contributed by atoms with Crippen LogP contribution in [0.4, 0.5) is 27.9 Å². The predicted octanol–water partition coefficient (Wildman–Crippen LogP) is 4.71. The number of nitrogens with zero attached hydrogens (tertiary/aromatic N) is 8. The van der Waals surface area contributed by atoms with E-state index >= 15 is 0 Å². The first-order valence-corrected chi connectivity index (χ1v) is 16.9. The first-order chi connectivity index (χ1) is 21.2. The van der Waals surface area contributed by atoms with Crippen LogP contribution >= 0.6 is 0 Å². The Balaban J connectivity index is 1.38. The van der Waals surface area contributed by atoms with E-state index in [1.165, 1.54) is 23.4 Å². The van der Waals surface area contributed by atoms with Gasteiger partial charge in [0.15, 0.2) is 17.3 Å². The molecule has 1 aliphatic rings. The van der Waals surface area contributed by atoms with Crippen LogP contribution < -0.4 is 15.8 Å². The number of piperazine rings is 1. The molecule has 0 aliphatic carbocycles. The second-order valence-corrected chi connectivity index (χ2v) is 14.7. The van der Waals surface area contributed by atoms with E-state index in [2.05, 4.69) is 36.1 Å². The number of carbonyl (C=O) groups excluding carboxylic acids is 1. The zero-order chi connectivity index (χ0) is 32.5. The quantitative estimate of drug-likeness (QED) is 0.287. The number of hydrogen-bond donors (Lipinski definition) is 1. The van der Waals surface area contributed by atoms with Crippen molar-refractivity contribution in [3.63, 3.8) is 0 Å². The molecule has 0 unspecified atom stereocenters. The third kappa shape index (κ3) is 7.33. The largest absolute Gasteiger partial charge is 0.444 e. The number of allylic oxidation sites excluding steroid dienone is 1. The zero-order valence-electron chi connectivity index (χ0n) is 26.4. The number of hydrogen-bond acceptors (Lipinski definition) is 10. The average molecular weight is 634 g/mol. The van der Waals surface area contributed by atoms with Crippen LogP contribution in [-0.2, 0) is 21.0 Å². The highest BCUT2D eigenvalue weighted by Gasteiger charge is 2.31. The van der Waals surface area contributed by atoms with Crippen LogP contribution in [0, 0.1) is 0 Å². The highest BCUT2D eigenvalue weighted by Crippen LogP contribution is 2.25.